The Hall–Kier alpha value is -1.39. The summed E-state index contributed by atoms with van der Waals surface area (Å²) in [6.45, 7) is 3.84. The highest BCUT2D eigenvalue weighted by Crippen LogP contribution is 2.18. The van der Waals surface area contributed by atoms with Crippen LogP contribution in [0.1, 0.15) is 21.6 Å². The molecule has 2 rings (SSSR count). The molecule has 98 valence electrons. The summed E-state index contributed by atoms with van der Waals surface area (Å²) in [6.07, 6.45) is 0. The molecular formula is C14H13ClN2OS. The predicted octanol–water partition coefficient (Wildman–Crippen LogP) is 3.72. The molecule has 0 unspecified atom stereocenters. The molecule has 0 aliphatic rings. The Bertz CT molecular complexity index is 579. The van der Waals surface area contributed by atoms with Crippen LogP contribution in [-0.2, 0) is 0 Å². The Kier molecular flexibility index (Phi) is 4.56. The average molecular weight is 293 g/mol. The van der Waals surface area contributed by atoms with Gasteiger partial charge in [0, 0.05) is 11.3 Å². The van der Waals surface area contributed by atoms with Crippen molar-refractivity contribution in [2.75, 3.05) is 5.75 Å². The second-order valence-corrected chi connectivity index (χ2v) is 5.52. The number of carbonyl (C=O) groups is 1. The summed E-state index contributed by atoms with van der Waals surface area (Å²) in [5.74, 6) is 0.370. The molecule has 0 atom stereocenters. The highest BCUT2D eigenvalue weighted by atomic mass is 35.5. The molecule has 5 heteroatoms. The van der Waals surface area contributed by atoms with Crippen LogP contribution in [0.3, 0.4) is 0 Å². The van der Waals surface area contributed by atoms with Gasteiger partial charge in [-0.1, -0.05) is 53.2 Å². The van der Waals surface area contributed by atoms with Crippen LogP contribution in [0, 0.1) is 13.8 Å². The summed E-state index contributed by atoms with van der Waals surface area (Å²) in [7, 11) is 0. The second kappa shape index (κ2) is 6.17. The summed E-state index contributed by atoms with van der Waals surface area (Å²) in [6, 6.07) is 9.22. The predicted molar refractivity (Wildman–Crippen MR) is 78.0 cm³/mol. The van der Waals surface area contributed by atoms with Gasteiger partial charge < -0.3 is 0 Å². The molecule has 0 spiro atoms. The zero-order valence-electron chi connectivity index (χ0n) is 10.7. The number of nitrogens with zero attached hydrogens (tertiary/aromatic N) is 2. The summed E-state index contributed by atoms with van der Waals surface area (Å²) in [4.78, 5) is 20.3. The highest BCUT2D eigenvalue weighted by Gasteiger charge is 2.08. The van der Waals surface area contributed by atoms with Crippen molar-refractivity contribution in [3.63, 3.8) is 0 Å². The fourth-order valence-corrected chi connectivity index (χ4v) is 2.61. The first-order valence-electron chi connectivity index (χ1n) is 5.78. The lowest BCUT2D eigenvalue weighted by molar-refractivity contribution is 0.102. The van der Waals surface area contributed by atoms with E-state index in [-0.39, 0.29) is 5.78 Å². The molecule has 19 heavy (non-hydrogen) atoms. The van der Waals surface area contributed by atoms with Gasteiger partial charge in [-0.2, -0.15) is 0 Å². The Morgan fingerprint density at radius 2 is 1.89 bits per heavy atom. The third-order valence-corrected chi connectivity index (χ3v) is 3.55. The first-order valence-corrected chi connectivity index (χ1v) is 7.15. The molecule has 0 N–H and O–H groups in total. The molecule has 0 bridgehead atoms. The van der Waals surface area contributed by atoms with Crippen LogP contribution in [0.2, 0.25) is 5.15 Å². The van der Waals surface area contributed by atoms with Crippen LogP contribution in [0.25, 0.3) is 0 Å². The third-order valence-electron chi connectivity index (χ3n) is 2.51. The van der Waals surface area contributed by atoms with Gasteiger partial charge in [-0.3, -0.25) is 4.79 Å². The molecule has 3 nitrogen and oxygen atoms in total. The molecule has 0 radical (unpaired) electrons. The van der Waals surface area contributed by atoms with Gasteiger partial charge in [-0.25, -0.2) is 9.97 Å². The maximum absolute atomic E-state index is 12.0. The lowest BCUT2D eigenvalue weighted by atomic mass is 10.1. The van der Waals surface area contributed by atoms with Crippen LogP contribution in [0.4, 0.5) is 0 Å². The van der Waals surface area contributed by atoms with E-state index >= 15 is 0 Å². The number of aryl methyl sites for hydroxylation is 2. The van der Waals surface area contributed by atoms with Crippen molar-refractivity contribution in [1.29, 1.82) is 0 Å². The first-order chi connectivity index (χ1) is 9.04. The molecule has 0 amide bonds. The van der Waals surface area contributed by atoms with Crippen molar-refractivity contribution in [2.24, 2.45) is 0 Å². The van der Waals surface area contributed by atoms with Crippen molar-refractivity contribution in [2.45, 2.75) is 19.0 Å². The van der Waals surface area contributed by atoms with Gasteiger partial charge in [0.2, 0.25) is 0 Å². The Morgan fingerprint density at radius 3 is 2.53 bits per heavy atom. The summed E-state index contributed by atoms with van der Waals surface area (Å²) < 4.78 is 0. The van der Waals surface area contributed by atoms with E-state index in [4.69, 9.17) is 11.6 Å². The van der Waals surface area contributed by atoms with Crippen LogP contribution in [0.15, 0.2) is 35.5 Å². The van der Waals surface area contributed by atoms with Crippen molar-refractivity contribution in [1.82, 2.24) is 9.97 Å². The molecule has 0 aliphatic carbocycles. The summed E-state index contributed by atoms with van der Waals surface area (Å²) in [5.41, 5.74) is 2.64. The Labute approximate surface area is 121 Å². The number of rotatable bonds is 4. The van der Waals surface area contributed by atoms with E-state index in [9.17, 15) is 4.79 Å². The van der Waals surface area contributed by atoms with E-state index in [0.717, 1.165) is 11.3 Å². The topological polar surface area (TPSA) is 42.9 Å². The molecule has 0 aliphatic heterocycles. The molecule has 1 aromatic heterocycles. The number of hydrogen-bond donors (Lipinski definition) is 0. The number of benzene rings is 1. The number of halogens is 1. The SMILES string of the molecule is Cc1ccc(C(=O)CSc2nc(C)cc(Cl)n2)cc1. The van der Waals surface area contributed by atoms with Gasteiger partial charge in [0.25, 0.3) is 0 Å². The molecule has 0 saturated heterocycles. The molecule has 0 fully saturated rings. The van der Waals surface area contributed by atoms with Gasteiger partial charge in [0.05, 0.1) is 5.75 Å². The number of carbonyl (C=O) groups excluding carboxylic acids is 1. The van der Waals surface area contributed by atoms with Gasteiger partial charge >= 0.3 is 0 Å². The van der Waals surface area contributed by atoms with Gasteiger partial charge in [0.1, 0.15) is 5.15 Å². The Morgan fingerprint density at radius 1 is 1.21 bits per heavy atom. The Balaban J connectivity index is 2.02. The zero-order valence-corrected chi connectivity index (χ0v) is 12.3. The first kappa shape index (κ1) is 14.0. The van der Waals surface area contributed by atoms with Crippen molar-refractivity contribution >= 4 is 29.1 Å². The lowest BCUT2D eigenvalue weighted by Crippen LogP contribution is -2.03. The molecule has 2 aromatic rings. The standard InChI is InChI=1S/C14H13ClN2OS/c1-9-3-5-11(6-4-9)12(18)8-19-14-16-10(2)7-13(15)17-14/h3-7H,8H2,1-2H3. The third kappa shape index (κ3) is 4.04. The number of aromatic nitrogens is 2. The molecule has 0 saturated carbocycles. The monoisotopic (exact) mass is 292 g/mol. The quantitative estimate of drug-likeness (QED) is 0.373. The smallest absolute Gasteiger partial charge is 0.189 e. The fourth-order valence-electron chi connectivity index (χ4n) is 1.52. The molecule has 1 heterocycles. The van der Waals surface area contributed by atoms with E-state index < -0.39 is 0 Å². The van der Waals surface area contributed by atoms with E-state index in [2.05, 4.69) is 9.97 Å². The number of ketones is 1. The van der Waals surface area contributed by atoms with Crippen molar-refractivity contribution in [3.05, 3.63) is 52.3 Å². The highest BCUT2D eigenvalue weighted by molar-refractivity contribution is 7.99. The lowest BCUT2D eigenvalue weighted by Gasteiger charge is -2.02. The number of hydrogen-bond acceptors (Lipinski definition) is 4. The van der Waals surface area contributed by atoms with Crippen molar-refractivity contribution < 1.29 is 4.79 Å². The maximum Gasteiger partial charge on any atom is 0.189 e. The van der Waals surface area contributed by atoms with Crippen LogP contribution >= 0.6 is 23.4 Å². The molecule has 1 aromatic carbocycles. The maximum atomic E-state index is 12.0. The van der Waals surface area contributed by atoms with Crippen LogP contribution < -0.4 is 0 Å². The summed E-state index contributed by atoms with van der Waals surface area (Å²) >= 11 is 7.15. The van der Waals surface area contributed by atoms with Gasteiger partial charge in [-0.05, 0) is 19.9 Å². The van der Waals surface area contributed by atoms with Crippen LogP contribution in [0.5, 0.6) is 0 Å². The largest absolute Gasteiger partial charge is 0.293 e. The van der Waals surface area contributed by atoms with Crippen LogP contribution in [-0.4, -0.2) is 21.5 Å². The van der Waals surface area contributed by atoms with E-state index in [1.165, 1.54) is 11.8 Å². The van der Waals surface area contributed by atoms with Gasteiger partial charge in [-0.15, -0.1) is 0 Å². The minimum Gasteiger partial charge on any atom is -0.293 e. The average Bonchev–Trinajstić information content (AvgIpc) is 2.36. The minimum atomic E-state index is 0.0613. The van der Waals surface area contributed by atoms with E-state index in [1.807, 2.05) is 38.1 Å². The second-order valence-electron chi connectivity index (χ2n) is 4.19. The normalized spacial score (nSPS) is 10.5. The number of thioether (sulfide) groups is 1. The number of Topliss-reactive ketones (excluding diaryl/α,β-unsaturated/α-hetero) is 1. The van der Waals surface area contributed by atoms with Crippen molar-refractivity contribution in [3.8, 4) is 0 Å². The summed E-state index contributed by atoms with van der Waals surface area (Å²) in [5, 5.41) is 0.934. The van der Waals surface area contributed by atoms with E-state index in [0.29, 0.717) is 21.6 Å². The fraction of sp³-hybridized carbons (Fsp3) is 0.214. The minimum absolute atomic E-state index is 0.0613. The van der Waals surface area contributed by atoms with E-state index in [1.54, 1.807) is 6.07 Å². The zero-order chi connectivity index (χ0) is 13.8. The molecular weight excluding hydrogens is 280 g/mol. The van der Waals surface area contributed by atoms with Gasteiger partial charge in [0.15, 0.2) is 10.9 Å².